The van der Waals surface area contributed by atoms with Crippen molar-refractivity contribution in [2.75, 3.05) is 0 Å². The third kappa shape index (κ3) is 4.24. The van der Waals surface area contributed by atoms with Gasteiger partial charge < -0.3 is 5.32 Å². The van der Waals surface area contributed by atoms with Gasteiger partial charge in [-0.1, -0.05) is 40.2 Å². The molecule has 4 rings (SSSR count). The van der Waals surface area contributed by atoms with Gasteiger partial charge in [-0.3, -0.25) is 4.79 Å². The minimum atomic E-state index is -0.256. The van der Waals surface area contributed by atoms with E-state index in [-0.39, 0.29) is 18.0 Å². The molecule has 8 heteroatoms. The quantitative estimate of drug-likeness (QED) is 0.582. The second-order valence-electron chi connectivity index (χ2n) is 6.41. The molecule has 2 unspecified atom stereocenters. The number of hydrogen-bond donors (Lipinski definition) is 3. The van der Waals surface area contributed by atoms with Crippen LogP contribution in [0.5, 0.6) is 0 Å². The summed E-state index contributed by atoms with van der Waals surface area (Å²) in [5, 5.41) is 7.09. The number of benzene rings is 2. The van der Waals surface area contributed by atoms with Crippen LogP contribution in [0.4, 0.5) is 0 Å². The summed E-state index contributed by atoms with van der Waals surface area (Å²) < 4.78 is 2.74. The lowest BCUT2D eigenvalue weighted by molar-refractivity contribution is -0.123. The predicted octanol–water partition coefficient (Wildman–Crippen LogP) is 2.25. The number of nitrogens with zero attached hydrogens (tertiary/aromatic N) is 3. The van der Waals surface area contributed by atoms with Crippen LogP contribution in [-0.4, -0.2) is 26.7 Å². The van der Waals surface area contributed by atoms with Gasteiger partial charge in [0.25, 0.3) is 0 Å². The number of hydrazine groups is 1. The zero-order chi connectivity index (χ0) is 18.6. The van der Waals surface area contributed by atoms with Crippen molar-refractivity contribution in [1.29, 1.82) is 0 Å². The van der Waals surface area contributed by atoms with E-state index >= 15 is 0 Å². The SMILES string of the molecule is O=C(NCc1ccc(-n2cncn2)cc1)C1CC(c2ccc(Br)cc2)NN1. The molecule has 1 amide bonds. The summed E-state index contributed by atoms with van der Waals surface area (Å²) in [4.78, 5) is 16.4. The Morgan fingerprint density at radius 2 is 1.93 bits per heavy atom. The average molecular weight is 427 g/mol. The molecule has 1 aliphatic heterocycles. The van der Waals surface area contributed by atoms with Crippen molar-refractivity contribution < 1.29 is 4.79 Å². The standard InChI is InChI=1S/C19H19BrN6O/c20-15-5-3-14(4-6-15)17-9-18(25-24-17)19(27)22-10-13-1-7-16(8-2-13)26-12-21-11-23-26/h1-8,11-12,17-18,24-25H,9-10H2,(H,22,27). The number of amides is 1. The zero-order valence-corrected chi connectivity index (χ0v) is 16.1. The van der Waals surface area contributed by atoms with E-state index in [2.05, 4.69) is 54.3 Å². The molecule has 3 aromatic rings. The van der Waals surface area contributed by atoms with E-state index in [9.17, 15) is 4.79 Å². The van der Waals surface area contributed by atoms with Crippen LogP contribution in [0.3, 0.4) is 0 Å². The molecule has 0 saturated carbocycles. The Bertz CT molecular complexity index is 895. The van der Waals surface area contributed by atoms with E-state index in [0.717, 1.165) is 21.3 Å². The molecule has 138 valence electrons. The van der Waals surface area contributed by atoms with Crippen LogP contribution in [0.2, 0.25) is 0 Å². The molecule has 1 aromatic heterocycles. The monoisotopic (exact) mass is 426 g/mol. The van der Waals surface area contributed by atoms with Crippen molar-refractivity contribution in [3.8, 4) is 5.69 Å². The molecular formula is C19H19BrN6O. The Labute approximate surface area is 165 Å². The average Bonchev–Trinajstić information content (AvgIpc) is 3.39. The summed E-state index contributed by atoms with van der Waals surface area (Å²) in [6, 6.07) is 15.8. The van der Waals surface area contributed by atoms with E-state index in [1.54, 1.807) is 11.0 Å². The van der Waals surface area contributed by atoms with Gasteiger partial charge in [0, 0.05) is 17.1 Å². The molecule has 7 nitrogen and oxygen atoms in total. The molecule has 3 N–H and O–H groups in total. The first-order valence-corrected chi connectivity index (χ1v) is 9.46. The molecule has 2 heterocycles. The van der Waals surface area contributed by atoms with Crippen molar-refractivity contribution in [2.24, 2.45) is 0 Å². The molecule has 1 fully saturated rings. The highest BCUT2D eigenvalue weighted by Crippen LogP contribution is 2.23. The van der Waals surface area contributed by atoms with Crippen LogP contribution >= 0.6 is 15.9 Å². The number of rotatable bonds is 5. The maximum absolute atomic E-state index is 12.5. The normalized spacial score (nSPS) is 19.1. The van der Waals surface area contributed by atoms with Gasteiger partial charge in [0.2, 0.25) is 5.91 Å². The third-order valence-corrected chi connectivity index (χ3v) is 5.11. The number of nitrogens with one attached hydrogen (secondary N) is 3. The molecule has 0 aliphatic carbocycles. The van der Waals surface area contributed by atoms with Crippen molar-refractivity contribution in [3.63, 3.8) is 0 Å². The number of hydrogen-bond acceptors (Lipinski definition) is 5. The largest absolute Gasteiger partial charge is 0.351 e. The van der Waals surface area contributed by atoms with Gasteiger partial charge in [0.1, 0.15) is 18.7 Å². The van der Waals surface area contributed by atoms with Crippen LogP contribution in [0.25, 0.3) is 5.69 Å². The predicted molar refractivity (Wildman–Crippen MR) is 105 cm³/mol. The van der Waals surface area contributed by atoms with Gasteiger partial charge in [0.15, 0.2) is 0 Å². The van der Waals surface area contributed by atoms with Crippen LogP contribution in [-0.2, 0) is 11.3 Å². The van der Waals surface area contributed by atoms with Crippen LogP contribution in [0.1, 0.15) is 23.6 Å². The number of halogens is 1. The van der Waals surface area contributed by atoms with Crippen molar-refractivity contribution >= 4 is 21.8 Å². The van der Waals surface area contributed by atoms with Crippen LogP contribution in [0.15, 0.2) is 65.7 Å². The molecule has 2 aromatic carbocycles. The van der Waals surface area contributed by atoms with Crippen molar-refractivity contribution in [2.45, 2.75) is 25.0 Å². The highest BCUT2D eigenvalue weighted by Gasteiger charge is 2.29. The minimum Gasteiger partial charge on any atom is -0.351 e. The Balaban J connectivity index is 1.30. The van der Waals surface area contributed by atoms with Gasteiger partial charge in [-0.25, -0.2) is 20.5 Å². The summed E-state index contributed by atoms with van der Waals surface area (Å²) in [5.74, 6) is -0.0116. The molecule has 0 radical (unpaired) electrons. The fourth-order valence-corrected chi connectivity index (χ4v) is 3.33. The van der Waals surface area contributed by atoms with Gasteiger partial charge >= 0.3 is 0 Å². The smallest absolute Gasteiger partial charge is 0.238 e. The summed E-state index contributed by atoms with van der Waals surface area (Å²) in [6.45, 7) is 0.484. The maximum atomic E-state index is 12.5. The summed E-state index contributed by atoms with van der Waals surface area (Å²) in [7, 11) is 0. The number of carbonyl (C=O) groups is 1. The molecule has 1 aliphatic rings. The number of aromatic nitrogens is 3. The molecule has 0 bridgehead atoms. The molecule has 0 spiro atoms. The first kappa shape index (κ1) is 17.8. The topological polar surface area (TPSA) is 83.9 Å². The minimum absolute atomic E-state index is 0.0116. The van der Waals surface area contributed by atoms with Crippen molar-refractivity contribution in [1.82, 2.24) is 30.9 Å². The van der Waals surface area contributed by atoms with E-state index in [1.807, 2.05) is 36.4 Å². The van der Waals surface area contributed by atoms with Gasteiger partial charge in [-0.15, -0.1) is 0 Å². The van der Waals surface area contributed by atoms with Crippen molar-refractivity contribution in [3.05, 3.63) is 76.8 Å². The summed E-state index contributed by atoms with van der Waals surface area (Å²) >= 11 is 3.44. The van der Waals surface area contributed by atoms with E-state index in [1.165, 1.54) is 6.33 Å². The van der Waals surface area contributed by atoms with Gasteiger partial charge in [-0.05, 0) is 41.8 Å². The Morgan fingerprint density at radius 3 is 2.63 bits per heavy atom. The Hall–Kier alpha value is -2.55. The lowest BCUT2D eigenvalue weighted by Crippen LogP contribution is -2.42. The third-order valence-electron chi connectivity index (χ3n) is 4.58. The summed E-state index contributed by atoms with van der Waals surface area (Å²) in [5.41, 5.74) is 9.41. The second kappa shape index (κ2) is 7.99. The highest BCUT2D eigenvalue weighted by molar-refractivity contribution is 9.10. The number of carbonyl (C=O) groups excluding carboxylic acids is 1. The van der Waals surface area contributed by atoms with Crippen LogP contribution < -0.4 is 16.2 Å². The first-order valence-electron chi connectivity index (χ1n) is 8.67. The maximum Gasteiger partial charge on any atom is 0.238 e. The molecule has 1 saturated heterocycles. The van der Waals surface area contributed by atoms with E-state index in [4.69, 9.17) is 0 Å². The fraction of sp³-hybridized carbons (Fsp3) is 0.211. The fourth-order valence-electron chi connectivity index (χ4n) is 3.06. The van der Waals surface area contributed by atoms with Gasteiger partial charge in [0.05, 0.1) is 5.69 Å². The zero-order valence-electron chi connectivity index (χ0n) is 14.5. The second-order valence-corrected chi connectivity index (χ2v) is 7.32. The molecule has 2 atom stereocenters. The Kier molecular flexibility index (Phi) is 5.28. The lowest BCUT2D eigenvalue weighted by Gasteiger charge is -2.11. The first-order chi connectivity index (χ1) is 13.2. The van der Waals surface area contributed by atoms with E-state index in [0.29, 0.717) is 13.0 Å². The van der Waals surface area contributed by atoms with Crippen LogP contribution in [0, 0.1) is 0 Å². The van der Waals surface area contributed by atoms with Gasteiger partial charge in [-0.2, -0.15) is 5.10 Å². The molecule has 27 heavy (non-hydrogen) atoms. The summed E-state index contributed by atoms with van der Waals surface area (Å²) in [6.07, 6.45) is 3.86. The molecular weight excluding hydrogens is 408 g/mol. The lowest BCUT2D eigenvalue weighted by atomic mass is 10.0. The Morgan fingerprint density at radius 1 is 1.15 bits per heavy atom. The van der Waals surface area contributed by atoms with E-state index < -0.39 is 0 Å². The highest BCUT2D eigenvalue weighted by atomic mass is 79.9.